The van der Waals surface area contributed by atoms with E-state index in [2.05, 4.69) is 15.9 Å². The number of nitrogens with zero attached hydrogens (tertiary/aromatic N) is 1. The Balaban J connectivity index is 2.34. The van der Waals surface area contributed by atoms with Gasteiger partial charge >= 0.3 is 11.9 Å². The lowest BCUT2D eigenvalue weighted by molar-refractivity contribution is -0.136. The van der Waals surface area contributed by atoms with Crippen LogP contribution in [0.25, 0.3) is 0 Å². The van der Waals surface area contributed by atoms with E-state index < -0.39 is 11.9 Å². The first-order valence-electron chi connectivity index (χ1n) is 7.42. The van der Waals surface area contributed by atoms with E-state index in [0.29, 0.717) is 18.7 Å². The predicted octanol–water partition coefficient (Wildman–Crippen LogP) is 3.94. The molecule has 126 valence electrons. The number of carboxylic acids is 2. The van der Waals surface area contributed by atoms with E-state index in [1.54, 1.807) is 24.3 Å². The molecule has 6 heteroatoms. The highest BCUT2D eigenvalue weighted by atomic mass is 79.9. The van der Waals surface area contributed by atoms with Crippen molar-refractivity contribution in [3.63, 3.8) is 0 Å². The van der Waals surface area contributed by atoms with Crippen LogP contribution in [0.4, 0.5) is 5.69 Å². The minimum atomic E-state index is -0.990. The second kappa shape index (κ2) is 7.97. The SMILES string of the molecule is Cc1cc(N(CCC(=O)O)Cc2ccccc2C(=O)O)ccc1Br. The van der Waals surface area contributed by atoms with Crippen molar-refractivity contribution >= 4 is 33.6 Å². The molecule has 0 aliphatic rings. The van der Waals surface area contributed by atoms with Gasteiger partial charge in [-0.2, -0.15) is 0 Å². The van der Waals surface area contributed by atoms with Crippen LogP contribution in [0.15, 0.2) is 46.9 Å². The fourth-order valence-corrected chi connectivity index (χ4v) is 2.67. The highest BCUT2D eigenvalue weighted by Gasteiger charge is 2.15. The first-order valence-corrected chi connectivity index (χ1v) is 8.22. The van der Waals surface area contributed by atoms with Gasteiger partial charge in [0.2, 0.25) is 0 Å². The average molecular weight is 392 g/mol. The molecule has 0 fully saturated rings. The average Bonchev–Trinajstić information content (AvgIpc) is 2.54. The molecule has 0 heterocycles. The molecule has 0 radical (unpaired) electrons. The maximum atomic E-state index is 11.4. The summed E-state index contributed by atoms with van der Waals surface area (Å²) in [6, 6.07) is 12.5. The zero-order valence-electron chi connectivity index (χ0n) is 13.2. The molecule has 24 heavy (non-hydrogen) atoms. The third-order valence-corrected chi connectivity index (χ3v) is 4.60. The Hall–Kier alpha value is -2.34. The molecule has 0 unspecified atom stereocenters. The van der Waals surface area contributed by atoms with E-state index in [4.69, 9.17) is 5.11 Å². The largest absolute Gasteiger partial charge is 0.481 e. The third kappa shape index (κ3) is 4.58. The van der Waals surface area contributed by atoms with Crippen molar-refractivity contribution in [2.45, 2.75) is 19.9 Å². The Morgan fingerprint density at radius 1 is 1.12 bits per heavy atom. The monoisotopic (exact) mass is 391 g/mol. The van der Waals surface area contributed by atoms with Crippen LogP contribution in [0.1, 0.15) is 27.9 Å². The number of rotatable bonds is 7. The lowest BCUT2D eigenvalue weighted by atomic mass is 10.1. The van der Waals surface area contributed by atoms with Crippen molar-refractivity contribution in [1.82, 2.24) is 0 Å². The standard InChI is InChI=1S/C18H18BrNO4/c1-12-10-14(6-7-16(12)19)20(9-8-17(21)22)11-13-4-2-3-5-15(13)18(23)24/h2-7,10H,8-9,11H2,1H3,(H,21,22)(H,23,24). The molecule has 0 aromatic heterocycles. The molecule has 0 atom stereocenters. The van der Waals surface area contributed by atoms with Crippen molar-refractivity contribution in [3.05, 3.63) is 63.6 Å². The lowest BCUT2D eigenvalue weighted by Crippen LogP contribution is -2.26. The number of aromatic carboxylic acids is 1. The molecule has 2 aromatic rings. The van der Waals surface area contributed by atoms with Crippen LogP contribution in [-0.2, 0) is 11.3 Å². The summed E-state index contributed by atoms with van der Waals surface area (Å²) in [5, 5.41) is 18.3. The minimum Gasteiger partial charge on any atom is -0.481 e. The number of carboxylic acid groups (broad SMARTS) is 2. The number of anilines is 1. The predicted molar refractivity (Wildman–Crippen MR) is 95.6 cm³/mol. The van der Waals surface area contributed by atoms with E-state index in [1.165, 1.54) is 0 Å². The van der Waals surface area contributed by atoms with Crippen LogP contribution >= 0.6 is 15.9 Å². The fraction of sp³-hybridized carbons (Fsp3) is 0.222. The van der Waals surface area contributed by atoms with E-state index in [-0.39, 0.29) is 12.0 Å². The zero-order chi connectivity index (χ0) is 17.7. The maximum Gasteiger partial charge on any atom is 0.336 e. The van der Waals surface area contributed by atoms with Crippen molar-refractivity contribution < 1.29 is 19.8 Å². The molecule has 0 saturated carbocycles. The van der Waals surface area contributed by atoms with Gasteiger partial charge < -0.3 is 15.1 Å². The van der Waals surface area contributed by atoms with Gasteiger partial charge in [-0.25, -0.2) is 4.79 Å². The summed E-state index contributed by atoms with van der Waals surface area (Å²) in [7, 11) is 0. The molecular formula is C18H18BrNO4. The number of aliphatic carboxylic acids is 1. The van der Waals surface area contributed by atoms with E-state index in [1.807, 2.05) is 30.0 Å². The summed E-state index contributed by atoms with van der Waals surface area (Å²) < 4.78 is 0.968. The molecule has 2 rings (SSSR count). The first-order chi connectivity index (χ1) is 11.4. The Morgan fingerprint density at radius 3 is 2.46 bits per heavy atom. The molecule has 0 bridgehead atoms. The van der Waals surface area contributed by atoms with Gasteiger partial charge in [-0.05, 0) is 42.3 Å². The van der Waals surface area contributed by atoms with Crippen molar-refractivity contribution in [3.8, 4) is 0 Å². The van der Waals surface area contributed by atoms with Gasteiger partial charge in [0.25, 0.3) is 0 Å². The summed E-state index contributed by atoms with van der Waals surface area (Å²) in [5.74, 6) is -1.88. The summed E-state index contributed by atoms with van der Waals surface area (Å²) in [5.41, 5.74) is 2.76. The van der Waals surface area contributed by atoms with Crippen molar-refractivity contribution in [2.24, 2.45) is 0 Å². The second-order valence-corrected chi connectivity index (χ2v) is 6.32. The Kier molecular flexibility index (Phi) is 5.98. The molecule has 0 aliphatic carbocycles. The number of aryl methyl sites for hydroxylation is 1. The van der Waals surface area contributed by atoms with Gasteiger partial charge in [0, 0.05) is 23.2 Å². The quantitative estimate of drug-likeness (QED) is 0.747. The molecular weight excluding hydrogens is 374 g/mol. The Labute approximate surface area is 148 Å². The van der Waals surface area contributed by atoms with Crippen LogP contribution in [-0.4, -0.2) is 28.7 Å². The number of carbonyl (C=O) groups is 2. The molecule has 2 N–H and O–H groups in total. The Morgan fingerprint density at radius 2 is 1.83 bits per heavy atom. The topological polar surface area (TPSA) is 77.8 Å². The summed E-state index contributed by atoms with van der Waals surface area (Å²) in [6.07, 6.45) is -0.0235. The lowest BCUT2D eigenvalue weighted by Gasteiger charge is -2.25. The summed E-state index contributed by atoms with van der Waals surface area (Å²) in [4.78, 5) is 24.2. The van der Waals surface area contributed by atoms with E-state index in [9.17, 15) is 14.7 Å². The van der Waals surface area contributed by atoms with Crippen molar-refractivity contribution in [2.75, 3.05) is 11.4 Å². The van der Waals surface area contributed by atoms with Gasteiger partial charge in [0.05, 0.1) is 12.0 Å². The number of halogens is 1. The molecule has 5 nitrogen and oxygen atoms in total. The van der Waals surface area contributed by atoms with E-state index >= 15 is 0 Å². The van der Waals surface area contributed by atoms with Gasteiger partial charge in [-0.15, -0.1) is 0 Å². The smallest absolute Gasteiger partial charge is 0.336 e. The molecule has 0 amide bonds. The van der Waals surface area contributed by atoms with Crippen LogP contribution < -0.4 is 4.90 Å². The minimum absolute atomic E-state index is 0.0235. The Bertz CT molecular complexity index is 760. The number of benzene rings is 2. The first kappa shape index (κ1) is 18.0. The summed E-state index contributed by atoms with van der Waals surface area (Å²) >= 11 is 3.45. The van der Waals surface area contributed by atoms with Crippen LogP contribution in [0.3, 0.4) is 0 Å². The second-order valence-electron chi connectivity index (χ2n) is 5.46. The molecule has 0 saturated heterocycles. The molecule has 2 aromatic carbocycles. The van der Waals surface area contributed by atoms with Crippen LogP contribution in [0.5, 0.6) is 0 Å². The van der Waals surface area contributed by atoms with Gasteiger partial charge in [-0.1, -0.05) is 34.1 Å². The van der Waals surface area contributed by atoms with Crippen LogP contribution in [0.2, 0.25) is 0 Å². The molecule has 0 spiro atoms. The fourth-order valence-electron chi connectivity index (χ4n) is 2.43. The van der Waals surface area contributed by atoms with Gasteiger partial charge in [0.1, 0.15) is 0 Å². The third-order valence-electron chi connectivity index (χ3n) is 3.71. The summed E-state index contributed by atoms with van der Waals surface area (Å²) in [6.45, 7) is 2.58. The van der Waals surface area contributed by atoms with E-state index in [0.717, 1.165) is 15.7 Å². The van der Waals surface area contributed by atoms with Gasteiger partial charge in [0.15, 0.2) is 0 Å². The maximum absolute atomic E-state index is 11.4. The molecule has 0 aliphatic heterocycles. The highest BCUT2D eigenvalue weighted by molar-refractivity contribution is 9.10. The van der Waals surface area contributed by atoms with Crippen LogP contribution in [0, 0.1) is 6.92 Å². The number of hydrogen-bond donors (Lipinski definition) is 2. The highest BCUT2D eigenvalue weighted by Crippen LogP contribution is 2.25. The van der Waals surface area contributed by atoms with Crippen molar-refractivity contribution in [1.29, 1.82) is 0 Å². The zero-order valence-corrected chi connectivity index (χ0v) is 14.8. The van der Waals surface area contributed by atoms with Gasteiger partial charge in [-0.3, -0.25) is 4.79 Å². The normalized spacial score (nSPS) is 10.4. The number of hydrogen-bond acceptors (Lipinski definition) is 3.